The van der Waals surface area contributed by atoms with Crippen molar-refractivity contribution in [3.8, 4) is 0 Å². The van der Waals surface area contributed by atoms with Crippen molar-refractivity contribution in [3.05, 3.63) is 40.9 Å². The molecule has 0 saturated carbocycles. The van der Waals surface area contributed by atoms with E-state index in [9.17, 15) is 0 Å². The number of rotatable bonds is 5. The Hall–Kier alpha value is -2.12. The molecule has 0 bridgehead atoms. The van der Waals surface area contributed by atoms with Crippen LogP contribution in [0.3, 0.4) is 0 Å². The van der Waals surface area contributed by atoms with Gasteiger partial charge in [-0.1, -0.05) is 25.4 Å². The number of ether oxygens (including phenoxy) is 1. The van der Waals surface area contributed by atoms with Crippen LogP contribution in [0.2, 0.25) is 5.15 Å². The summed E-state index contributed by atoms with van der Waals surface area (Å²) < 4.78 is 9.63. The monoisotopic (exact) mass is 374 g/mol. The maximum atomic E-state index is 6.24. The maximum absolute atomic E-state index is 6.24. The first-order chi connectivity index (χ1) is 12.6. The first-order valence-electron chi connectivity index (χ1n) is 9.05. The summed E-state index contributed by atoms with van der Waals surface area (Å²) in [6.07, 6.45) is 6.98. The van der Waals surface area contributed by atoms with Gasteiger partial charge in [0.05, 0.1) is 18.4 Å². The molecule has 0 aliphatic carbocycles. The average molecular weight is 375 g/mol. The summed E-state index contributed by atoms with van der Waals surface area (Å²) in [7, 11) is 0. The Labute approximate surface area is 157 Å². The van der Waals surface area contributed by atoms with Crippen molar-refractivity contribution < 1.29 is 4.74 Å². The molecule has 1 fully saturated rings. The predicted octanol–water partition coefficient (Wildman–Crippen LogP) is 4.01. The Morgan fingerprint density at radius 3 is 3.00 bits per heavy atom. The summed E-state index contributed by atoms with van der Waals surface area (Å²) in [6.45, 7) is 5.64. The number of aromatic nitrogens is 5. The zero-order valence-electron chi connectivity index (χ0n) is 15.0. The highest BCUT2D eigenvalue weighted by atomic mass is 35.5. The molecule has 7 nitrogen and oxygen atoms in total. The van der Waals surface area contributed by atoms with Gasteiger partial charge in [-0.25, -0.2) is 9.67 Å². The van der Waals surface area contributed by atoms with E-state index in [-0.39, 0.29) is 6.23 Å². The van der Waals surface area contributed by atoms with Gasteiger partial charge in [-0.15, -0.1) is 0 Å². The van der Waals surface area contributed by atoms with Crippen LogP contribution in [0.5, 0.6) is 0 Å². The van der Waals surface area contributed by atoms with Gasteiger partial charge in [-0.05, 0) is 31.2 Å². The minimum atomic E-state index is 0.0221. The molecule has 0 spiro atoms. The first kappa shape index (κ1) is 17.3. The summed E-state index contributed by atoms with van der Waals surface area (Å²) >= 11 is 6.24. The summed E-state index contributed by atoms with van der Waals surface area (Å²) in [6, 6.07) is 3.80. The first-order valence-corrected chi connectivity index (χ1v) is 9.43. The molecule has 3 aromatic heterocycles. The minimum absolute atomic E-state index is 0.0221. The summed E-state index contributed by atoms with van der Waals surface area (Å²) in [4.78, 5) is 4.44. The van der Waals surface area contributed by atoms with Gasteiger partial charge < -0.3 is 10.1 Å². The number of fused-ring (bicyclic) bond motifs is 1. The molecule has 1 saturated heterocycles. The van der Waals surface area contributed by atoms with E-state index in [0.717, 1.165) is 42.2 Å². The fourth-order valence-corrected chi connectivity index (χ4v) is 3.51. The molecular formula is C18H23ClN6O. The van der Waals surface area contributed by atoms with Gasteiger partial charge in [0.1, 0.15) is 11.0 Å². The zero-order valence-corrected chi connectivity index (χ0v) is 15.8. The smallest absolute Gasteiger partial charge is 0.162 e. The van der Waals surface area contributed by atoms with Crippen LogP contribution in [0, 0.1) is 0 Å². The Balaban J connectivity index is 1.58. The number of nitrogens with zero attached hydrogens (tertiary/aromatic N) is 5. The number of nitrogens with one attached hydrogen (secondary N) is 1. The van der Waals surface area contributed by atoms with Crippen molar-refractivity contribution in [1.29, 1.82) is 0 Å². The molecular weight excluding hydrogens is 352 g/mol. The number of anilines is 1. The lowest BCUT2D eigenvalue weighted by Crippen LogP contribution is -2.22. The fraction of sp³-hybridized carbons (Fsp3) is 0.500. The Morgan fingerprint density at radius 1 is 1.35 bits per heavy atom. The third-order valence-corrected chi connectivity index (χ3v) is 4.91. The molecule has 26 heavy (non-hydrogen) atoms. The van der Waals surface area contributed by atoms with Crippen molar-refractivity contribution in [2.45, 2.75) is 51.8 Å². The molecule has 0 amide bonds. The molecule has 1 N–H and O–H groups in total. The number of hydrogen-bond acceptors (Lipinski definition) is 5. The van der Waals surface area contributed by atoms with Gasteiger partial charge in [-0.2, -0.15) is 14.7 Å². The second-order valence-electron chi connectivity index (χ2n) is 6.90. The topological polar surface area (TPSA) is 69.3 Å². The van der Waals surface area contributed by atoms with Crippen LogP contribution in [-0.2, 0) is 11.3 Å². The highest BCUT2D eigenvalue weighted by molar-refractivity contribution is 6.29. The van der Waals surface area contributed by atoms with Crippen molar-refractivity contribution in [2.75, 3.05) is 11.9 Å². The molecule has 1 unspecified atom stereocenters. The van der Waals surface area contributed by atoms with Crippen LogP contribution in [0.1, 0.15) is 56.5 Å². The van der Waals surface area contributed by atoms with Gasteiger partial charge in [0.2, 0.25) is 0 Å². The van der Waals surface area contributed by atoms with Gasteiger partial charge >= 0.3 is 0 Å². The van der Waals surface area contributed by atoms with E-state index in [1.165, 1.54) is 6.42 Å². The van der Waals surface area contributed by atoms with E-state index in [0.29, 0.717) is 17.6 Å². The van der Waals surface area contributed by atoms with E-state index < -0.39 is 0 Å². The normalized spacial score (nSPS) is 17.9. The molecule has 1 aliphatic heterocycles. The Kier molecular flexibility index (Phi) is 4.82. The molecule has 0 radical (unpaired) electrons. The lowest BCUT2D eigenvalue weighted by Gasteiger charge is -2.24. The molecule has 138 valence electrons. The number of hydrogen-bond donors (Lipinski definition) is 1. The van der Waals surface area contributed by atoms with Crippen LogP contribution in [0.4, 0.5) is 5.82 Å². The van der Waals surface area contributed by atoms with Crippen molar-refractivity contribution >= 4 is 23.1 Å². The quantitative estimate of drug-likeness (QED) is 0.683. The van der Waals surface area contributed by atoms with Crippen molar-refractivity contribution in [2.24, 2.45) is 0 Å². The van der Waals surface area contributed by atoms with E-state index in [4.69, 9.17) is 16.3 Å². The van der Waals surface area contributed by atoms with Crippen molar-refractivity contribution in [3.63, 3.8) is 0 Å². The Bertz CT molecular complexity index is 896. The van der Waals surface area contributed by atoms with Crippen molar-refractivity contribution in [1.82, 2.24) is 24.4 Å². The van der Waals surface area contributed by atoms with E-state index >= 15 is 0 Å². The fourth-order valence-electron chi connectivity index (χ4n) is 3.32. The summed E-state index contributed by atoms with van der Waals surface area (Å²) in [5, 5.41) is 12.8. The van der Waals surface area contributed by atoms with Gasteiger partial charge in [-0.3, -0.25) is 0 Å². The van der Waals surface area contributed by atoms with Gasteiger partial charge in [0.15, 0.2) is 11.9 Å². The van der Waals surface area contributed by atoms with E-state index in [1.54, 1.807) is 10.6 Å². The Morgan fingerprint density at radius 2 is 2.23 bits per heavy atom. The standard InChI is InChI=1S/C18H23ClN6O/c1-12(2)14-11-22-25-16(9-15(19)23-18(14)25)20-10-13-6-7-21-24(13)17-5-3-4-8-26-17/h6-7,9,11-12,17,20H,3-5,8,10H2,1-2H3. The van der Waals surface area contributed by atoms with Crippen LogP contribution >= 0.6 is 11.6 Å². The highest BCUT2D eigenvalue weighted by Crippen LogP contribution is 2.26. The van der Waals surface area contributed by atoms with Crippen LogP contribution in [-0.4, -0.2) is 31.0 Å². The lowest BCUT2D eigenvalue weighted by molar-refractivity contribution is -0.0409. The molecule has 1 atom stereocenters. The van der Waals surface area contributed by atoms with Crippen LogP contribution in [0.25, 0.3) is 5.65 Å². The third-order valence-electron chi connectivity index (χ3n) is 4.72. The van der Waals surface area contributed by atoms with Crippen LogP contribution < -0.4 is 5.32 Å². The molecule has 0 aromatic carbocycles. The number of halogens is 1. The average Bonchev–Trinajstić information content (AvgIpc) is 3.27. The molecule has 4 rings (SSSR count). The molecule has 1 aliphatic rings. The predicted molar refractivity (Wildman–Crippen MR) is 100 cm³/mol. The second kappa shape index (κ2) is 7.25. The highest BCUT2D eigenvalue weighted by Gasteiger charge is 2.19. The lowest BCUT2D eigenvalue weighted by atomic mass is 10.1. The van der Waals surface area contributed by atoms with Gasteiger partial charge in [0, 0.05) is 24.4 Å². The van der Waals surface area contributed by atoms with Gasteiger partial charge in [0.25, 0.3) is 0 Å². The summed E-state index contributed by atoms with van der Waals surface area (Å²) in [5.41, 5.74) is 2.93. The van der Waals surface area contributed by atoms with Crippen LogP contribution in [0.15, 0.2) is 24.5 Å². The minimum Gasteiger partial charge on any atom is -0.364 e. The summed E-state index contributed by atoms with van der Waals surface area (Å²) in [5.74, 6) is 1.14. The third kappa shape index (κ3) is 3.29. The van der Waals surface area contributed by atoms with E-state index in [2.05, 4.69) is 34.3 Å². The molecule has 8 heteroatoms. The second-order valence-corrected chi connectivity index (χ2v) is 7.28. The van der Waals surface area contributed by atoms with E-state index in [1.807, 2.05) is 23.1 Å². The zero-order chi connectivity index (χ0) is 18.1. The maximum Gasteiger partial charge on any atom is 0.162 e. The SMILES string of the molecule is CC(C)c1cnn2c(NCc3ccnn3C3CCCCO3)cc(Cl)nc12. The molecule has 4 heterocycles. The molecule has 3 aromatic rings. The largest absolute Gasteiger partial charge is 0.364 e.